The fourth-order valence-corrected chi connectivity index (χ4v) is 2.12. The molecule has 122 valence electrons. The van der Waals surface area contributed by atoms with E-state index in [2.05, 4.69) is 15.5 Å². The van der Waals surface area contributed by atoms with Gasteiger partial charge in [-0.3, -0.25) is 9.59 Å². The first-order chi connectivity index (χ1) is 10.8. The summed E-state index contributed by atoms with van der Waals surface area (Å²) in [7, 11) is 0. The van der Waals surface area contributed by atoms with Crippen molar-refractivity contribution in [1.29, 1.82) is 0 Å². The molecule has 1 aromatic heterocycles. The van der Waals surface area contributed by atoms with Crippen molar-refractivity contribution < 1.29 is 18.0 Å². The van der Waals surface area contributed by atoms with Crippen molar-refractivity contribution in [1.82, 2.24) is 15.5 Å². The van der Waals surface area contributed by atoms with E-state index in [9.17, 15) is 22.8 Å². The minimum absolute atomic E-state index is 0.0134. The van der Waals surface area contributed by atoms with E-state index in [1.165, 1.54) is 24.3 Å². The van der Waals surface area contributed by atoms with E-state index in [1.54, 1.807) is 6.92 Å². The number of aromatic nitrogens is 2. The Bertz CT molecular complexity index is 736. The Balaban J connectivity index is 2.08. The molecule has 0 radical (unpaired) electrons. The van der Waals surface area contributed by atoms with E-state index in [0.29, 0.717) is 0 Å². The number of aromatic amines is 1. The zero-order chi connectivity index (χ0) is 17.0. The standard InChI is InChI=1S/C15H14F3N3O2/c1-9(19-14(23)12-6-7-13(22)21-20-12)8-10-4-2-3-5-11(10)15(16,17)18/h2-7,9H,8H2,1H3,(H,19,23)(H,21,22). The molecule has 0 saturated heterocycles. The summed E-state index contributed by atoms with van der Waals surface area (Å²) in [5.41, 5.74) is -1.08. The van der Waals surface area contributed by atoms with Gasteiger partial charge in [0.15, 0.2) is 0 Å². The van der Waals surface area contributed by atoms with Crippen molar-refractivity contribution in [2.75, 3.05) is 0 Å². The van der Waals surface area contributed by atoms with Crippen molar-refractivity contribution in [2.24, 2.45) is 0 Å². The van der Waals surface area contributed by atoms with E-state index < -0.39 is 29.2 Å². The molecule has 1 unspecified atom stereocenters. The average molecular weight is 325 g/mol. The number of carbonyl (C=O) groups is 1. The van der Waals surface area contributed by atoms with Crippen LogP contribution in [0.25, 0.3) is 0 Å². The molecule has 1 atom stereocenters. The summed E-state index contributed by atoms with van der Waals surface area (Å²) in [6, 6.07) is 7.06. The second-order valence-corrected chi connectivity index (χ2v) is 5.04. The van der Waals surface area contributed by atoms with E-state index >= 15 is 0 Å². The fourth-order valence-electron chi connectivity index (χ4n) is 2.12. The second-order valence-electron chi connectivity index (χ2n) is 5.04. The van der Waals surface area contributed by atoms with Gasteiger partial charge in [0.1, 0.15) is 5.69 Å². The van der Waals surface area contributed by atoms with Crippen molar-refractivity contribution in [3.05, 3.63) is 63.6 Å². The zero-order valence-electron chi connectivity index (χ0n) is 12.1. The van der Waals surface area contributed by atoms with E-state index in [4.69, 9.17) is 0 Å². The number of amides is 1. The van der Waals surface area contributed by atoms with Crippen LogP contribution in [0.5, 0.6) is 0 Å². The maximum atomic E-state index is 12.9. The minimum atomic E-state index is -4.44. The summed E-state index contributed by atoms with van der Waals surface area (Å²) in [6.07, 6.45) is -4.43. The first kappa shape index (κ1) is 16.7. The van der Waals surface area contributed by atoms with Gasteiger partial charge in [-0.15, -0.1) is 0 Å². The average Bonchev–Trinajstić information content (AvgIpc) is 2.47. The summed E-state index contributed by atoms with van der Waals surface area (Å²) < 4.78 is 38.8. The van der Waals surface area contributed by atoms with Crippen molar-refractivity contribution in [3.63, 3.8) is 0 Å². The van der Waals surface area contributed by atoms with Crippen molar-refractivity contribution >= 4 is 5.91 Å². The van der Waals surface area contributed by atoms with Crippen LogP contribution in [0.2, 0.25) is 0 Å². The summed E-state index contributed by atoms with van der Waals surface area (Å²) in [6.45, 7) is 1.59. The molecule has 0 aliphatic heterocycles. The lowest BCUT2D eigenvalue weighted by Gasteiger charge is -2.17. The molecule has 0 fully saturated rings. The van der Waals surface area contributed by atoms with Crippen LogP contribution in [-0.4, -0.2) is 22.1 Å². The Labute approximate surface area is 129 Å². The number of hydrogen-bond donors (Lipinski definition) is 2. The molecular weight excluding hydrogens is 311 g/mol. The third-order valence-corrected chi connectivity index (χ3v) is 3.14. The Hall–Kier alpha value is -2.64. The second kappa shape index (κ2) is 6.64. The van der Waals surface area contributed by atoms with Gasteiger partial charge in [0.25, 0.3) is 11.5 Å². The van der Waals surface area contributed by atoms with Gasteiger partial charge in [0.05, 0.1) is 5.56 Å². The number of halogens is 3. The SMILES string of the molecule is CC(Cc1ccccc1C(F)(F)F)NC(=O)c1ccc(=O)[nH]n1. The molecule has 23 heavy (non-hydrogen) atoms. The van der Waals surface area contributed by atoms with Crippen molar-refractivity contribution in [2.45, 2.75) is 25.6 Å². The maximum Gasteiger partial charge on any atom is 0.416 e. The van der Waals surface area contributed by atoms with Crippen LogP contribution in [0.1, 0.15) is 28.5 Å². The molecule has 1 aromatic carbocycles. The predicted molar refractivity (Wildman–Crippen MR) is 76.9 cm³/mol. The van der Waals surface area contributed by atoms with Crippen LogP contribution in [0.4, 0.5) is 13.2 Å². The zero-order valence-corrected chi connectivity index (χ0v) is 12.1. The first-order valence-corrected chi connectivity index (χ1v) is 6.79. The lowest BCUT2D eigenvalue weighted by molar-refractivity contribution is -0.138. The van der Waals surface area contributed by atoms with Gasteiger partial charge in [0, 0.05) is 12.1 Å². The quantitative estimate of drug-likeness (QED) is 0.904. The Morgan fingerprint density at radius 3 is 2.57 bits per heavy atom. The maximum absolute atomic E-state index is 12.9. The fraction of sp³-hybridized carbons (Fsp3) is 0.267. The molecule has 2 aromatic rings. The van der Waals surface area contributed by atoms with Crippen LogP contribution < -0.4 is 10.9 Å². The largest absolute Gasteiger partial charge is 0.416 e. The van der Waals surface area contributed by atoms with Crippen LogP contribution in [0.3, 0.4) is 0 Å². The van der Waals surface area contributed by atoms with Gasteiger partial charge in [0.2, 0.25) is 0 Å². The summed E-state index contributed by atoms with van der Waals surface area (Å²) in [5.74, 6) is -0.571. The van der Waals surface area contributed by atoms with Gasteiger partial charge in [-0.05, 0) is 31.0 Å². The highest BCUT2D eigenvalue weighted by Gasteiger charge is 2.33. The highest BCUT2D eigenvalue weighted by Crippen LogP contribution is 2.32. The molecule has 0 aliphatic rings. The molecule has 2 rings (SSSR count). The van der Waals surface area contributed by atoms with Gasteiger partial charge in [-0.2, -0.15) is 18.3 Å². The van der Waals surface area contributed by atoms with E-state index in [1.807, 2.05) is 0 Å². The van der Waals surface area contributed by atoms with Gasteiger partial charge in [-0.1, -0.05) is 18.2 Å². The van der Waals surface area contributed by atoms with Gasteiger partial charge in [-0.25, -0.2) is 5.10 Å². The van der Waals surface area contributed by atoms with Crippen molar-refractivity contribution in [3.8, 4) is 0 Å². The molecule has 0 saturated carbocycles. The summed E-state index contributed by atoms with van der Waals surface area (Å²) >= 11 is 0. The summed E-state index contributed by atoms with van der Waals surface area (Å²) in [5, 5.41) is 8.24. The Morgan fingerprint density at radius 2 is 1.96 bits per heavy atom. The third-order valence-electron chi connectivity index (χ3n) is 3.14. The lowest BCUT2D eigenvalue weighted by atomic mass is 10.0. The molecule has 0 bridgehead atoms. The molecule has 0 spiro atoms. The van der Waals surface area contributed by atoms with Crippen LogP contribution >= 0.6 is 0 Å². The number of nitrogens with one attached hydrogen (secondary N) is 2. The van der Waals surface area contributed by atoms with E-state index in [0.717, 1.165) is 12.1 Å². The Morgan fingerprint density at radius 1 is 1.26 bits per heavy atom. The monoisotopic (exact) mass is 325 g/mol. The molecule has 2 N–H and O–H groups in total. The number of rotatable bonds is 4. The normalized spacial score (nSPS) is 12.7. The highest BCUT2D eigenvalue weighted by molar-refractivity contribution is 5.92. The molecule has 1 amide bonds. The minimum Gasteiger partial charge on any atom is -0.348 e. The van der Waals surface area contributed by atoms with E-state index in [-0.39, 0.29) is 17.7 Å². The topological polar surface area (TPSA) is 74.8 Å². The number of benzene rings is 1. The van der Waals surface area contributed by atoms with Crippen LogP contribution in [0.15, 0.2) is 41.2 Å². The molecule has 1 heterocycles. The highest BCUT2D eigenvalue weighted by atomic mass is 19.4. The number of carbonyl (C=O) groups excluding carboxylic acids is 1. The Kier molecular flexibility index (Phi) is 4.83. The third kappa shape index (κ3) is 4.41. The van der Waals surface area contributed by atoms with Gasteiger partial charge < -0.3 is 5.32 Å². The predicted octanol–water partition coefficient (Wildman–Crippen LogP) is 2.15. The van der Waals surface area contributed by atoms with Gasteiger partial charge >= 0.3 is 6.18 Å². The number of H-pyrrole nitrogens is 1. The number of alkyl halides is 3. The summed E-state index contributed by atoms with van der Waals surface area (Å²) in [4.78, 5) is 22.8. The molecule has 0 aliphatic carbocycles. The number of hydrogen-bond acceptors (Lipinski definition) is 3. The van der Waals surface area contributed by atoms with Crippen LogP contribution in [0, 0.1) is 0 Å². The smallest absolute Gasteiger partial charge is 0.348 e. The lowest BCUT2D eigenvalue weighted by Crippen LogP contribution is -2.35. The molecule has 5 nitrogen and oxygen atoms in total. The molecular formula is C15H14F3N3O2. The van der Waals surface area contributed by atoms with Crippen LogP contribution in [-0.2, 0) is 12.6 Å². The first-order valence-electron chi connectivity index (χ1n) is 6.79. The molecule has 8 heteroatoms. The number of nitrogens with zero attached hydrogens (tertiary/aromatic N) is 1.